The van der Waals surface area contributed by atoms with Crippen LogP contribution < -0.4 is 16.0 Å². The molecule has 1 aromatic carbocycles. The number of likely N-dealkylation sites (N-methyl/N-ethyl adjacent to an activating group) is 2. The Morgan fingerprint density at radius 3 is 2.28 bits per heavy atom. The molecule has 4 rings (SSSR count). The van der Waals surface area contributed by atoms with Crippen LogP contribution in [0.25, 0.3) is 0 Å². The Bertz CT molecular complexity index is 860. The summed E-state index contributed by atoms with van der Waals surface area (Å²) < 4.78 is 24.6. The molecule has 204 valence electrons. The largest absolute Gasteiger partial charge is 0.390 e. The zero-order valence-electron chi connectivity index (χ0n) is 21.9. The average Bonchev–Trinajstić information content (AvgIpc) is 2.85. The number of aliphatic hydroxyl groups excluding tert-OH is 1. The van der Waals surface area contributed by atoms with Crippen LogP contribution in [0.15, 0.2) is 24.3 Å². The highest BCUT2D eigenvalue weighted by Gasteiger charge is 2.68. The Morgan fingerprint density at radius 1 is 1.00 bits per heavy atom. The maximum Gasteiger partial charge on any atom is 0.249 e. The number of hydrogen-bond acceptors (Lipinski definition) is 10. The lowest BCUT2D eigenvalue weighted by molar-refractivity contribution is -0.482. The third-order valence-electron chi connectivity index (χ3n) is 7.86. The molecule has 6 N–H and O–H groups in total. The van der Waals surface area contributed by atoms with E-state index in [-0.39, 0.29) is 19.1 Å². The summed E-state index contributed by atoms with van der Waals surface area (Å²) in [5, 5.41) is 44.3. The van der Waals surface area contributed by atoms with Crippen molar-refractivity contribution >= 4 is 0 Å². The quantitative estimate of drug-likeness (QED) is 0.262. The van der Waals surface area contributed by atoms with Crippen molar-refractivity contribution in [3.63, 3.8) is 0 Å². The molecule has 36 heavy (non-hydrogen) atoms. The summed E-state index contributed by atoms with van der Waals surface area (Å²) >= 11 is 0. The monoisotopic (exact) mass is 509 g/mol. The molecule has 10 atom stereocenters. The third-order valence-corrected chi connectivity index (χ3v) is 7.86. The first-order valence-corrected chi connectivity index (χ1v) is 13.1. The van der Waals surface area contributed by atoms with E-state index in [0.717, 1.165) is 12.0 Å². The maximum atomic E-state index is 11.8. The van der Waals surface area contributed by atoms with Gasteiger partial charge in [0.25, 0.3) is 0 Å². The summed E-state index contributed by atoms with van der Waals surface area (Å²) in [6.07, 6.45) is -3.37. The summed E-state index contributed by atoms with van der Waals surface area (Å²) in [7, 11) is 3.47. The lowest BCUT2D eigenvalue weighted by Gasteiger charge is -2.60. The van der Waals surface area contributed by atoms with Crippen molar-refractivity contribution in [3.8, 4) is 0 Å². The number of benzene rings is 1. The fraction of sp³-hybridized carbons (Fsp3) is 0.769. The van der Waals surface area contributed by atoms with Crippen LogP contribution in [0.2, 0.25) is 0 Å². The van der Waals surface area contributed by atoms with Gasteiger partial charge in [0.15, 0.2) is 0 Å². The number of aliphatic hydroxyl groups is 3. The van der Waals surface area contributed by atoms with E-state index in [0.29, 0.717) is 13.2 Å². The minimum absolute atomic E-state index is 0.0603. The van der Waals surface area contributed by atoms with Gasteiger partial charge in [0.1, 0.15) is 23.9 Å². The highest BCUT2D eigenvalue weighted by molar-refractivity contribution is 5.22. The van der Waals surface area contributed by atoms with E-state index in [4.69, 9.17) is 18.9 Å². The van der Waals surface area contributed by atoms with E-state index in [1.807, 2.05) is 13.8 Å². The Labute approximate surface area is 213 Å². The van der Waals surface area contributed by atoms with Crippen LogP contribution in [0, 0.1) is 0 Å². The van der Waals surface area contributed by atoms with E-state index in [1.165, 1.54) is 5.56 Å². The Hall–Kier alpha value is -1.18. The van der Waals surface area contributed by atoms with Gasteiger partial charge < -0.3 is 50.2 Å². The Kier molecular flexibility index (Phi) is 8.73. The highest BCUT2D eigenvalue weighted by atomic mass is 16.8. The fourth-order valence-corrected chi connectivity index (χ4v) is 5.90. The van der Waals surface area contributed by atoms with Crippen LogP contribution in [0.4, 0.5) is 0 Å². The number of nitrogens with one attached hydrogen (secondary N) is 3. The number of ether oxygens (including phenoxy) is 4. The molecule has 0 aromatic heterocycles. The second-order valence-corrected chi connectivity index (χ2v) is 10.2. The average molecular weight is 510 g/mol. The van der Waals surface area contributed by atoms with Crippen LogP contribution in [0.5, 0.6) is 0 Å². The van der Waals surface area contributed by atoms with Gasteiger partial charge in [-0.05, 0) is 45.5 Å². The van der Waals surface area contributed by atoms with Crippen molar-refractivity contribution in [2.45, 2.75) is 100 Å². The molecule has 10 nitrogen and oxygen atoms in total. The molecule has 3 aliphatic rings. The molecule has 2 aliphatic heterocycles. The second kappa shape index (κ2) is 11.3. The number of rotatable bonds is 9. The van der Waals surface area contributed by atoms with Crippen molar-refractivity contribution < 1.29 is 34.3 Å². The van der Waals surface area contributed by atoms with E-state index < -0.39 is 54.2 Å². The maximum absolute atomic E-state index is 11.8. The van der Waals surface area contributed by atoms with Crippen molar-refractivity contribution in [3.05, 3.63) is 35.4 Å². The third kappa shape index (κ3) is 4.96. The summed E-state index contributed by atoms with van der Waals surface area (Å²) in [6, 6.07) is 7.27. The molecular weight excluding hydrogens is 466 g/mol. The Balaban J connectivity index is 1.56. The lowest BCUT2D eigenvalue weighted by Crippen LogP contribution is -2.81. The zero-order chi connectivity index (χ0) is 26.1. The Morgan fingerprint density at radius 2 is 1.67 bits per heavy atom. The lowest BCUT2D eigenvalue weighted by atomic mass is 9.77. The molecule has 10 heteroatoms. The van der Waals surface area contributed by atoms with Gasteiger partial charge in [-0.2, -0.15) is 0 Å². The standard InChI is InChI=1S/C26H43N3O7/c1-6-16-8-10-17(11-9-16)13-29-14-25(31)12-15(3)34-24-26(25,32)36-22-19(28-5)20(30)18(27-4)21(33-7-2)23(22)35-24/h8-11,15,18-24,27-32H,6-7,12-14H2,1-5H3/t15-,18-,19+,20+,21+,22-,23?,24+,25-,26-/m1/s1. The minimum atomic E-state index is -2.15. The van der Waals surface area contributed by atoms with Gasteiger partial charge in [0.05, 0.1) is 24.3 Å². The van der Waals surface area contributed by atoms with Crippen LogP contribution in [-0.4, -0.2) is 103 Å². The molecule has 1 aromatic rings. The topological polar surface area (TPSA) is 134 Å². The molecule has 2 saturated heterocycles. The summed E-state index contributed by atoms with van der Waals surface area (Å²) in [6.45, 7) is 6.81. The van der Waals surface area contributed by atoms with Crippen LogP contribution in [0.1, 0.15) is 38.3 Å². The van der Waals surface area contributed by atoms with Gasteiger partial charge in [-0.3, -0.25) is 0 Å². The van der Waals surface area contributed by atoms with Crippen molar-refractivity contribution in [2.24, 2.45) is 0 Å². The molecule has 1 aliphatic carbocycles. The molecule has 1 unspecified atom stereocenters. The van der Waals surface area contributed by atoms with E-state index >= 15 is 0 Å². The van der Waals surface area contributed by atoms with Crippen molar-refractivity contribution in [2.75, 3.05) is 27.2 Å². The van der Waals surface area contributed by atoms with E-state index in [2.05, 4.69) is 47.1 Å². The molecule has 0 spiro atoms. The zero-order valence-corrected chi connectivity index (χ0v) is 21.9. The number of aryl methyl sites for hydroxylation is 1. The van der Waals surface area contributed by atoms with Gasteiger partial charge in [0, 0.05) is 26.1 Å². The molecule has 2 heterocycles. The summed E-state index contributed by atoms with van der Waals surface area (Å²) in [4.78, 5) is 0. The van der Waals surface area contributed by atoms with Crippen LogP contribution in [-0.2, 0) is 31.9 Å². The number of hydrogen-bond donors (Lipinski definition) is 6. The summed E-state index contributed by atoms with van der Waals surface area (Å²) in [5.74, 6) is -2.15. The minimum Gasteiger partial charge on any atom is -0.390 e. The molecule has 1 saturated carbocycles. The first-order valence-electron chi connectivity index (χ1n) is 13.1. The van der Waals surface area contributed by atoms with Gasteiger partial charge in [-0.25, -0.2) is 0 Å². The normalized spacial score (nSPS) is 42.6. The van der Waals surface area contributed by atoms with Crippen molar-refractivity contribution in [1.29, 1.82) is 0 Å². The predicted octanol–water partition coefficient (Wildman–Crippen LogP) is -0.367. The van der Waals surface area contributed by atoms with E-state index in [9.17, 15) is 15.3 Å². The predicted molar refractivity (Wildman–Crippen MR) is 133 cm³/mol. The molecule has 0 radical (unpaired) electrons. The van der Waals surface area contributed by atoms with Crippen LogP contribution in [0.3, 0.4) is 0 Å². The number of fused-ring (bicyclic) bond motifs is 2. The van der Waals surface area contributed by atoms with Gasteiger partial charge in [-0.1, -0.05) is 31.2 Å². The smallest absolute Gasteiger partial charge is 0.249 e. The molecular formula is C26H43N3O7. The fourth-order valence-electron chi connectivity index (χ4n) is 5.90. The first-order chi connectivity index (χ1) is 17.2. The van der Waals surface area contributed by atoms with Gasteiger partial charge in [-0.15, -0.1) is 0 Å². The van der Waals surface area contributed by atoms with Gasteiger partial charge >= 0.3 is 0 Å². The molecule has 3 fully saturated rings. The first kappa shape index (κ1) is 27.8. The molecule has 0 bridgehead atoms. The highest BCUT2D eigenvalue weighted by Crippen LogP contribution is 2.46. The van der Waals surface area contributed by atoms with Gasteiger partial charge in [0.2, 0.25) is 12.1 Å². The SMILES string of the molecule is CCO[C@@H]1C2O[C@@H]3O[C@H](C)C[C@@](O)(CNCc4ccc(CC)cc4)[C@]3(O)O[C@@H]2[C@@H](NC)[C@@H](O)[C@H]1NC. The van der Waals surface area contributed by atoms with Crippen molar-refractivity contribution in [1.82, 2.24) is 16.0 Å². The van der Waals surface area contributed by atoms with Crippen LogP contribution >= 0.6 is 0 Å². The second-order valence-electron chi connectivity index (χ2n) is 10.2. The summed E-state index contributed by atoms with van der Waals surface area (Å²) in [5.41, 5.74) is 0.631. The molecule has 0 amide bonds. The van der Waals surface area contributed by atoms with E-state index in [1.54, 1.807) is 14.1 Å².